The van der Waals surface area contributed by atoms with Crippen molar-refractivity contribution in [1.29, 1.82) is 0 Å². The third-order valence-corrected chi connectivity index (χ3v) is 2.52. The maximum atomic E-state index is 13.3. The van der Waals surface area contributed by atoms with Crippen molar-refractivity contribution in [1.82, 2.24) is 0 Å². The number of hydrogen-bond donors (Lipinski definition) is 1. The molecule has 0 aliphatic heterocycles. The van der Waals surface area contributed by atoms with Crippen molar-refractivity contribution in [2.24, 2.45) is 0 Å². The van der Waals surface area contributed by atoms with Gasteiger partial charge in [-0.1, -0.05) is 0 Å². The zero-order valence-corrected chi connectivity index (χ0v) is 12.6. The molecule has 0 saturated heterocycles. The van der Waals surface area contributed by atoms with E-state index in [-0.39, 0.29) is 24.5 Å². The van der Waals surface area contributed by atoms with E-state index in [1.54, 1.807) is 13.8 Å². The fourth-order valence-corrected chi connectivity index (χ4v) is 1.52. The van der Waals surface area contributed by atoms with Crippen LogP contribution in [-0.2, 0) is 19.1 Å². The number of carbonyl (C=O) groups is 2. The van der Waals surface area contributed by atoms with Crippen molar-refractivity contribution in [3.63, 3.8) is 0 Å². The molecule has 0 fully saturated rings. The number of ether oxygens (including phenoxy) is 3. The Bertz CT molecular complexity index is 551. The Labute approximate surface area is 127 Å². The van der Waals surface area contributed by atoms with Crippen molar-refractivity contribution in [2.75, 3.05) is 25.6 Å². The van der Waals surface area contributed by atoms with Crippen LogP contribution in [0.5, 0.6) is 5.75 Å². The highest BCUT2D eigenvalue weighted by atomic mass is 19.1. The lowest BCUT2D eigenvalue weighted by Gasteiger charge is -2.09. The summed E-state index contributed by atoms with van der Waals surface area (Å²) in [6, 6.07) is 4.02. The van der Waals surface area contributed by atoms with Crippen LogP contribution < -0.4 is 10.1 Å². The Kier molecular flexibility index (Phi) is 6.88. The minimum absolute atomic E-state index is 0.0345. The van der Waals surface area contributed by atoms with Gasteiger partial charge in [-0.3, -0.25) is 0 Å². The lowest BCUT2D eigenvalue weighted by Crippen LogP contribution is -2.19. The van der Waals surface area contributed by atoms with Crippen LogP contribution in [0.3, 0.4) is 0 Å². The molecule has 0 spiro atoms. The first-order chi connectivity index (χ1) is 10.5. The Morgan fingerprint density at radius 1 is 1.18 bits per heavy atom. The Morgan fingerprint density at radius 3 is 2.27 bits per heavy atom. The van der Waals surface area contributed by atoms with Crippen LogP contribution in [0.25, 0.3) is 0 Å². The molecule has 0 saturated carbocycles. The first-order valence-electron chi connectivity index (χ1n) is 6.67. The van der Waals surface area contributed by atoms with Crippen LogP contribution >= 0.6 is 0 Å². The van der Waals surface area contributed by atoms with Gasteiger partial charge in [0, 0.05) is 18.0 Å². The summed E-state index contributed by atoms with van der Waals surface area (Å²) in [5, 5.41) is 2.71. The second kappa shape index (κ2) is 8.66. The van der Waals surface area contributed by atoms with E-state index in [2.05, 4.69) is 5.32 Å². The van der Waals surface area contributed by atoms with Gasteiger partial charge < -0.3 is 19.5 Å². The number of nitrogens with one attached hydrogen (secondary N) is 1. The zero-order chi connectivity index (χ0) is 16.5. The SMILES string of the molecule is CCOC(=O)C(=CNc1ccc(F)c(OC)c1)C(=O)OCC. The number of hydrogen-bond acceptors (Lipinski definition) is 6. The molecule has 0 aliphatic carbocycles. The van der Waals surface area contributed by atoms with E-state index in [0.29, 0.717) is 5.69 Å². The first kappa shape index (κ1) is 17.5. The number of halogens is 1. The fraction of sp³-hybridized carbons (Fsp3) is 0.333. The first-order valence-corrected chi connectivity index (χ1v) is 6.67. The number of esters is 2. The highest BCUT2D eigenvalue weighted by Gasteiger charge is 2.20. The van der Waals surface area contributed by atoms with Gasteiger partial charge >= 0.3 is 11.9 Å². The minimum Gasteiger partial charge on any atom is -0.494 e. The predicted molar refractivity (Wildman–Crippen MR) is 77.9 cm³/mol. The molecule has 0 aliphatic rings. The monoisotopic (exact) mass is 311 g/mol. The molecule has 120 valence electrons. The van der Waals surface area contributed by atoms with E-state index < -0.39 is 17.8 Å². The summed E-state index contributed by atoms with van der Waals surface area (Å²) in [7, 11) is 1.33. The summed E-state index contributed by atoms with van der Waals surface area (Å²) in [5.41, 5.74) is 0.149. The molecule has 1 aromatic rings. The molecule has 0 aromatic heterocycles. The average molecular weight is 311 g/mol. The summed E-state index contributed by atoms with van der Waals surface area (Å²) >= 11 is 0. The van der Waals surface area contributed by atoms with Gasteiger partial charge in [-0.2, -0.15) is 0 Å². The summed E-state index contributed by atoms with van der Waals surface area (Å²) in [6.07, 6.45) is 1.16. The van der Waals surface area contributed by atoms with E-state index in [0.717, 1.165) is 6.20 Å². The smallest absolute Gasteiger partial charge is 0.347 e. The topological polar surface area (TPSA) is 73.9 Å². The lowest BCUT2D eigenvalue weighted by molar-refractivity contribution is -0.146. The van der Waals surface area contributed by atoms with E-state index >= 15 is 0 Å². The molecule has 1 N–H and O–H groups in total. The summed E-state index contributed by atoms with van der Waals surface area (Å²) in [4.78, 5) is 23.5. The maximum absolute atomic E-state index is 13.3. The van der Waals surface area contributed by atoms with Crippen molar-refractivity contribution in [2.45, 2.75) is 13.8 Å². The number of carbonyl (C=O) groups excluding carboxylic acids is 2. The van der Waals surface area contributed by atoms with Crippen LogP contribution in [0.2, 0.25) is 0 Å². The van der Waals surface area contributed by atoms with Crippen LogP contribution in [-0.4, -0.2) is 32.3 Å². The average Bonchev–Trinajstić information content (AvgIpc) is 2.49. The Hall–Kier alpha value is -2.57. The maximum Gasteiger partial charge on any atom is 0.347 e. The molecule has 0 amide bonds. The number of rotatable bonds is 7. The van der Waals surface area contributed by atoms with Crippen LogP contribution in [0.15, 0.2) is 30.0 Å². The van der Waals surface area contributed by atoms with Gasteiger partial charge in [-0.25, -0.2) is 14.0 Å². The van der Waals surface area contributed by atoms with Gasteiger partial charge in [-0.15, -0.1) is 0 Å². The second-order valence-corrected chi connectivity index (χ2v) is 3.99. The highest BCUT2D eigenvalue weighted by molar-refractivity contribution is 6.14. The van der Waals surface area contributed by atoms with Crippen molar-refractivity contribution >= 4 is 17.6 Å². The molecule has 22 heavy (non-hydrogen) atoms. The third-order valence-electron chi connectivity index (χ3n) is 2.52. The second-order valence-electron chi connectivity index (χ2n) is 3.99. The van der Waals surface area contributed by atoms with Crippen molar-refractivity contribution < 1.29 is 28.2 Å². The summed E-state index contributed by atoms with van der Waals surface area (Å²) in [5.74, 6) is -2.09. The normalized spacial score (nSPS) is 9.64. The number of methoxy groups -OCH3 is 1. The molecule has 0 bridgehead atoms. The van der Waals surface area contributed by atoms with Gasteiger partial charge in [0.2, 0.25) is 0 Å². The van der Waals surface area contributed by atoms with Gasteiger partial charge in [0.1, 0.15) is 0 Å². The standard InChI is InChI=1S/C15H18FNO5/c1-4-21-14(18)11(15(19)22-5-2)9-17-10-6-7-12(16)13(8-10)20-3/h6-9,17H,4-5H2,1-3H3. The van der Waals surface area contributed by atoms with E-state index in [1.807, 2.05) is 0 Å². The molecular formula is C15H18FNO5. The molecule has 0 radical (unpaired) electrons. The van der Waals surface area contributed by atoms with Crippen LogP contribution in [0.1, 0.15) is 13.8 Å². The van der Waals surface area contributed by atoms with Gasteiger partial charge in [-0.05, 0) is 26.0 Å². The lowest BCUT2D eigenvalue weighted by atomic mass is 10.2. The van der Waals surface area contributed by atoms with Gasteiger partial charge in [0.15, 0.2) is 17.1 Å². The molecule has 7 heteroatoms. The minimum atomic E-state index is -0.803. The van der Waals surface area contributed by atoms with E-state index in [1.165, 1.54) is 25.3 Å². The largest absolute Gasteiger partial charge is 0.494 e. The van der Waals surface area contributed by atoms with Crippen LogP contribution in [0.4, 0.5) is 10.1 Å². The van der Waals surface area contributed by atoms with E-state index in [9.17, 15) is 14.0 Å². The zero-order valence-electron chi connectivity index (χ0n) is 12.6. The van der Waals surface area contributed by atoms with Gasteiger partial charge in [0.05, 0.1) is 20.3 Å². The van der Waals surface area contributed by atoms with Crippen molar-refractivity contribution in [3.05, 3.63) is 35.8 Å². The molecule has 0 atom stereocenters. The third kappa shape index (κ3) is 4.76. The molecular weight excluding hydrogens is 293 g/mol. The molecule has 6 nitrogen and oxygen atoms in total. The molecule has 1 rings (SSSR count). The fourth-order valence-electron chi connectivity index (χ4n) is 1.52. The summed E-state index contributed by atoms with van der Waals surface area (Å²) in [6.45, 7) is 3.50. The quantitative estimate of drug-likeness (QED) is 0.360. The number of benzene rings is 1. The predicted octanol–water partition coefficient (Wildman–Crippen LogP) is 2.26. The van der Waals surface area contributed by atoms with Crippen LogP contribution in [0, 0.1) is 5.82 Å². The van der Waals surface area contributed by atoms with Crippen molar-refractivity contribution in [3.8, 4) is 5.75 Å². The Balaban J connectivity index is 2.97. The molecule has 0 unspecified atom stereocenters. The summed E-state index contributed by atoms with van der Waals surface area (Å²) < 4.78 is 27.7. The van der Waals surface area contributed by atoms with E-state index in [4.69, 9.17) is 14.2 Å². The molecule has 0 heterocycles. The number of anilines is 1. The Morgan fingerprint density at radius 2 is 1.77 bits per heavy atom. The van der Waals surface area contributed by atoms with Gasteiger partial charge in [0.25, 0.3) is 0 Å². The highest BCUT2D eigenvalue weighted by Crippen LogP contribution is 2.21. The molecule has 1 aromatic carbocycles.